The average Bonchev–Trinajstić information content (AvgIpc) is 2.89. The summed E-state index contributed by atoms with van der Waals surface area (Å²) in [5.41, 5.74) is 7.93. The molecule has 0 saturated heterocycles. The molecule has 7 nitrogen and oxygen atoms in total. The fraction of sp³-hybridized carbons (Fsp3) is 0.0909. The molecular weight excluding hydrogens is 232 g/mol. The quantitative estimate of drug-likeness (QED) is 0.714. The van der Waals surface area contributed by atoms with E-state index in [-0.39, 0.29) is 0 Å². The summed E-state index contributed by atoms with van der Waals surface area (Å²) in [7, 11) is 1.57. The van der Waals surface area contributed by atoms with Crippen molar-refractivity contribution in [3.8, 4) is 17.0 Å². The second kappa shape index (κ2) is 3.95. The van der Waals surface area contributed by atoms with Crippen LogP contribution in [0.15, 0.2) is 30.9 Å². The Labute approximate surface area is 102 Å². The minimum atomic E-state index is 0.335. The van der Waals surface area contributed by atoms with E-state index < -0.39 is 0 Å². The molecule has 90 valence electrons. The second-order valence-electron chi connectivity index (χ2n) is 3.61. The van der Waals surface area contributed by atoms with Crippen molar-refractivity contribution in [2.24, 2.45) is 0 Å². The van der Waals surface area contributed by atoms with Gasteiger partial charge < -0.3 is 10.5 Å². The Morgan fingerprint density at radius 2 is 2.17 bits per heavy atom. The first kappa shape index (κ1) is 10.5. The molecule has 0 aliphatic carbocycles. The van der Waals surface area contributed by atoms with Crippen LogP contribution < -0.4 is 10.5 Å². The van der Waals surface area contributed by atoms with E-state index >= 15 is 0 Å². The number of ether oxygens (including phenoxy) is 1. The topological polar surface area (TPSA) is 91.2 Å². The third-order valence-corrected chi connectivity index (χ3v) is 2.62. The molecule has 0 radical (unpaired) electrons. The summed E-state index contributed by atoms with van der Waals surface area (Å²) in [5, 5.41) is 7.88. The molecule has 3 aromatic rings. The molecule has 0 spiro atoms. The maximum Gasteiger partial charge on any atom is 0.221 e. The normalized spacial score (nSPS) is 10.7. The predicted molar refractivity (Wildman–Crippen MR) is 65.0 cm³/mol. The average molecular weight is 242 g/mol. The first-order chi connectivity index (χ1) is 8.81. The van der Waals surface area contributed by atoms with Crippen LogP contribution in [0.25, 0.3) is 16.8 Å². The Kier molecular flexibility index (Phi) is 2.30. The van der Waals surface area contributed by atoms with Gasteiger partial charge in [0.05, 0.1) is 12.7 Å². The molecule has 3 heterocycles. The highest BCUT2D eigenvalue weighted by atomic mass is 16.5. The lowest BCUT2D eigenvalue weighted by Crippen LogP contribution is -2.01. The third-order valence-electron chi connectivity index (χ3n) is 2.62. The van der Waals surface area contributed by atoms with Crippen LogP contribution >= 0.6 is 0 Å². The molecule has 0 fully saturated rings. The van der Waals surface area contributed by atoms with Gasteiger partial charge >= 0.3 is 0 Å². The summed E-state index contributed by atoms with van der Waals surface area (Å²) >= 11 is 0. The van der Waals surface area contributed by atoms with Crippen LogP contribution in [0.4, 0.5) is 5.95 Å². The molecule has 7 heteroatoms. The van der Waals surface area contributed by atoms with E-state index in [1.54, 1.807) is 23.9 Å². The minimum absolute atomic E-state index is 0.335. The lowest BCUT2D eigenvalue weighted by molar-refractivity contribution is 0.399. The highest BCUT2D eigenvalue weighted by molar-refractivity contribution is 5.80. The fourth-order valence-corrected chi connectivity index (χ4v) is 1.79. The molecule has 0 amide bonds. The molecule has 0 unspecified atom stereocenters. The molecule has 3 aromatic heterocycles. The Morgan fingerprint density at radius 1 is 1.28 bits per heavy atom. The molecule has 3 rings (SSSR count). The number of rotatable bonds is 2. The summed E-state index contributed by atoms with van der Waals surface area (Å²) in [4.78, 5) is 8.26. The number of aromatic nitrogens is 5. The number of hydrogen-bond donors (Lipinski definition) is 1. The lowest BCUT2D eigenvalue weighted by atomic mass is 10.1. The van der Waals surface area contributed by atoms with Gasteiger partial charge in [-0.25, -0.2) is 9.97 Å². The van der Waals surface area contributed by atoms with Crippen LogP contribution in [0, 0.1) is 0 Å². The van der Waals surface area contributed by atoms with Crippen molar-refractivity contribution in [1.82, 2.24) is 24.6 Å². The second-order valence-corrected chi connectivity index (χ2v) is 3.61. The summed E-state index contributed by atoms with van der Waals surface area (Å²) in [6.07, 6.45) is 4.82. The number of hydrogen-bond acceptors (Lipinski definition) is 6. The van der Waals surface area contributed by atoms with Gasteiger partial charge in [-0.15, -0.1) is 10.2 Å². The standard InChI is InChI=1S/C11H10N6O/c1-18-10-7(3-2-4-13-10)8-5-14-11(12)17-6-15-16-9(8)17/h2-6H,1H3,(H2,12,14). The number of nitrogens with zero attached hydrogens (tertiary/aromatic N) is 5. The summed E-state index contributed by atoms with van der Waals surface area (Å²) in [5.74, 6) is 0.843. The Hall–Kier alpha value is -2.70. The molecule has 2 N–H and O–H groups in total. The van der Waals surface area contributed by atoms with Crippen molar-refractivity contribution in [3.05, 3.63) is 30.9 Å². The van der Waals surface area contributed by atoms with Gasteiger partial charge in [0.15, 0.2) is 5.65 Å². The molecular formula is C11H10N6O. The number of fused-ring (bicyclic) bond motifs is 1. The van der Waals surface area contributed by atoms with Crippen molar-refractivity contribution < 1.29 is 4.74 Å². The van der Waals surface area contributed by atoms with Crippen molar-refractivity contribution in [2.45, 2.75) is 0 Å². The van der Waals surface area contributed by atoms with Gasteiger partial charge in [0, 0.05) is 18.0 Å². The van der Waals surface area contributed by atoms with Crippen LogP contribution in [0.3, 0.4) is 0 Å². The Balaban J connectivity index is 2.32. The number of pyridine rings is 1. The van der Waals surface area contributed by atoms with E-state index in [9.17, 15) is 0 Å². The third kappa shape index (κ3) is 1.45. The Morgan fingerprint density at radius 3 is 3.00 bits per heavy atom. The predicted octanol–water partition coefficient (Wildman–Crippen LogP) is 0.777. The molecule has 18 heavy (non-hydrogen) atoms. The first-order valence-corrected chi connectivity index (χ1v) is 5.25. The SMILES string of the molecule is COc1ncccc1-c1cnc(N)n2cnnc12. The molecule has 0 aliphatic rings. The van der Waals surface area contributed by atoms with E-state index in [0.717, 1.165) is 11.1 Å². The zero-order valence-corrected chi connectivity index (χ0v) is 9.61. The number of methoxy groups -OCH3 is 1. The van der Waals surface area contributed by atoms with Crippen molar-refractivity contribution in [1.29, 1.82) is 0 Å². The molecule has 0 bridgehead atoms. The Bertz CT molecular complexity index is 708. The summed E-state index contributed by atoms with van der Waals surface area (Å²) < 4.78 is 6.84. The van der Waals surface area contributed by atoms with Crippen LogP contribution in [0.2, 0.25) is 0 Å². The van der Waals surface area contributed by atoms with Crippen molar-refractivity contribution in [2.75, 3.05) is 12.8 Å². The van der Waals surface area contributed by atoms with Crippen molar-refractivity contribution >= 4 is 11.6 Å². The number of anilines is 1. The van der Waals surface area contributed by atoms with Crippen LogP contribution in [0.5, 0.6) is 5.88 Å². The van der Waals surface area contributed by atoms with Gasteiger partial charge in [0.25, 0.3) is 0 Å². The summed E-state index contributed by atoms with van der Waals surface area (Å²) in [6.45, 7) is 0. The highest BCUT2D eigenvalue weighted by Crippen LogP contribution is 2.29. The van der Waals surface area contributed by atoms with Gasteiger partial charge in [-0.1, -0.05) is 0 Å². The van der Waals surface area contributed by atoms with Gasteiger partial charge in [-0.3, -0.25) is 4.40 Å². The zero-order chi connectivity index (χ0) is 12.5. The zero-order valence-electron chi connectivity index (χ0n) is 9.61. The lowest BCUT2D eigenvalue weighted by Gasteiger charge is -2.08. The van der Waals surface area contributed by atoms with Crippen LogP contribution in [-0.2, 0) is 0 Å². The van der Waals surface area contributed by atoms with E-state index in [1.165, 1.54) is 6.33 Å². The maximum absolute atomic E-state index is 5.74. The van der Waals surface area contributed by atoms with Crippen LogP contribution in [0.1, 0.15) is 0 Å². The largest absolute Gasteiger partial charge is 0.481 e. The number of nitrogens with two attached hydrogens (primary N) is 1. The van der Waals surface area contributed by atoms with E-state index in [1.807, 2.05) is 12.1 Å². The van der Waals surface area contributed by atoms with Crippen molar-refractivity contribution in [3.63, 3.8) is 0 Å². The molecule has 0 saturated carbocycles. The van der Waals surface area contributed by atoms with Gasteiger partial charge in [-0.05, 0) is 12.1 Å². The monoisotopic (exact) mass is 242 g/mol. The highest BCUT2D eigenvalue weighted by Gasteiger charge is 2.13. The number of nitrogen functional groups attached to an aromatic ring is 1. The first-order valence-electron chi connectivity index (χ1n) is 5.25. The van der Waals surface area contributed by atoms with E-state index in [2.05, 4.69) is 20.2 Å². The molecule has 0 atom stereocenters. The van der Waals surface area contributed by atoms with Crippen LogP contribution in [-0.4, -0.2) is 31.7 Å². The van der Waals surface area contributed by atoms with Gasteiger partial charge in [0.1, 0.15) is 6.33 Å². The fourth-order valence-electron chi connectivity index (χ4n) is 1.79. The van der Waals surface area contributed by atoms with Gasteiger partial charge in [-0.2, -0.15) is 0 Å². The molecule has 0 aliphatic heterocycles. The smallest absolute Gasteiger partial charge is 0.221 e. The van der Waals surface area contributed by atoms with E-state index in [4.69, 9.17) is 10.5 Å². The molecule has 0 aromatic carbocycles. The summed E-state index contributed by atoms with van der Waals surface area (Å²) in [6, 6.07) is 3.70. The van der Waals surface area contributed by atoms with E-state index in [0.29, 0.717) is 17.5 Å². The minimum Gasteiger partial charge on any atom is -0.481 e. The maximum atomic E-state index is 5.74. The van der Waals surface area contributed by atoms with Gasteiger partial charge in [0.2, 0.25) is 11.8 Å².